The van der Waals surface area contributed by atoms with Crippen LogP contribution >= 0.6 is 0 Å². The first-order valence-electron chi connectivity index (χ1n) is 13.0. The van der Waals surface area contributed by atoms with E-state index in [0.717, 1.165) is 37.1 Å². The lowest BCUT2D eigenvalue weighted by atomic mass is 9.92. The highest BCUT2D eigenvalue weighted by Crippen LogP contribution is 2.23. The van der Waals surface area contributed by atoms with E-state index in [1.54, 1.807) is 30.0 Å². The predicted octanol–water partition coefficient (Wildman–Crippen LogP) is 0.620. The minimum Gasteiger partial charge on any atom is -0.508 e. The van der Waals surface area contributed by atoms with E-state index in [-0.39, 0.29) is 41.9 Å². The molecule has 0 bridgehead atoms. The summed E-state index contributed by atoms with van der Waals surface area (Å²) < 4.78 is 0. The van der Waals surface area contributed by atoms with Crippen LogP contribution < -0.4 is 20.9 Å². The highest BCUT2D eigenvalue weighted by Gasteiger charge is 2.30. The van der Waals surface area contributed by atoms with Crippen LogP contribution in [-0.2, 0) is 17.8 Å². The number of aromatic hydroxyl groups is 1. The number of carbonyl (C=O) groups is 2. The van der Waals surface area contributed by atoms with Gasteiger partial charge in [0.1, 0.15) is 17.3 Å². The number of hydrogen-bond donors (Lipinski definition) is 5. The molecule has 1 aromatic carbocycles. The molecule has 2 atom stereocenters. The molecule has 0 radical (unpaired) electrons. The Kier molecular flexibility index (Phi) is 7.43. The van der Waals surface area contributed by atoms with Crippen LogP contribution in [-0.4, -0.2) is 87.8 Å². The van der Waals surface area contributed by atoms with Gasteiger partial charge in [-0.2, -0.15) is 4.98 Å². The number of nitrogens with zero attached hydrogens (tertiary/aromatic N) is 4. The average molecular weight is 510 g/mol. The van der Waals surface area contributed by atoms with E-state index >= 15 is 0 Å². The number of anilines is 2. The van der Waals surface area contributed by atoms with Crippen molar-refractivity contribution in [3.05, 3.63) is 41.1 Å². The molecule has 3 aliphatic rings. The van der Waals surface area contributed by atoms with Gasteiger partial charge in [-0.3, -0.25) is 9.59 Å². The van der Waals surface area contributed by atoms with Gasteiger partial charge < -0.3 is 36.0 Å². The molecule has 198 valence electrons. The van der Waals surface area contributed by atoms with Gasteiger partial charge in [0.25, 0.3) is 5.91 Å². The van der Waals surface area contributed by atoms with Crippen LogP contribution in [0.25, 0.3) is 0 Å². The quantitative estimate of drug-likeness (QED) is 0.363. The zero-order chi connectivity index (χ0) is 25.9. The summed E-state index contributed by atoms with van der Waals surface area (Å²) in [4.78, 5) is 37.7. The second-order valence-electron chi connectivity index (χ2n) is 10.2. The first kappa shape index (κ1) is 25.2. The molecule has 37 heavy (non-hydrogen) atoms. The smallest absolute Gasteiger partial charge is 0.270 e. The van der Waals surface area contributed by atoms with E-state index in [4.69, 9.17) is 0 Å². The molecule has 1 unspecified atom stereocenters. The number of hydrogen-bond acceptors (Lipinski definition) is 9. The van der Waals surface area contributed by atoms with E-state index in [1.807, 2.05) is 6.07 Å². The minimum atomic E-state index is -0.792. The van der Waals surface area contributed by atoms with Crippen molar-refractivity contribution in [2.24, 2.45) is 0 Å². The van der Waals surface area contributed by atoms with Crippen LogP contribution in [0, 0.1) is 0 Å². The molecule has 0 aliphatic carbocycles. The first-order chi connectivity index (χ1) is 17.9. The van der Waals surface area contributed by atoms with Crippen LogP contribution in [0.1, 0.15) is 47.8 Å². The molecule has 11 heteroatoms. The summed E-state index contributed by atoms with van der Waals surface area (Å²) in [6.45, 7) is 5.06. The lowest BCUT2D eigenvalue weighted by Gasteiger charge is -2.39. The standard InChI is InChI=1S/C26H35N7O4/c1-16(34)33-14-19(15-33)29-24-11-22(30-26(31-24)32-7-3-2-4-8-32)25(37)28-13-23(36)21-10-17-5-6-20(35)9-18(17)12-27-21/h5-6,9,11,19,21,23,27,35-36H,2-4,7-8,10,12-15H2,1H3,(H,28,37)(H,29,30,31)/t21-,23?/m0/s1. The Morgan fingerprint density at radius 2 is 1.92 bits per heavy atom. The maximum Gasteiger partial charge on any atom is 0.270 e. The molecule has 4 heterocycles. The van der Waals surface area contributed by atoms with E-state index in [1.165, 1.54) is 6.42 Å². The topological polar surface area (TPSA) is 143 Å². The van der Waals surface area contributed by atoms with Gasteiger partial charge in [-0.05, 0) is 48.9 Å². The average Bonchev–Trinajstić information content (AvgIpc) is 2.88. The van der Waals surface area contributed by atoms with Crippen molar-refractivity contribution in [2.45, 2.75) is 57.3 Å². The molecule has 2 aromatic rings. The van der Waals surface area contributed by atoms with Gasteiger partial charge in [-0.1, -0.05) is 6.07 Å². The lowest BCUT2D eigenvalue weighted by Crippen LogP contribution is -2.56. The van der Waals surface area contributed by atoms with E-state index in [0.29, 0.717) is 37.8 Å². The normalized spacial score (nSPS) is 20.5. The fraction of sp³-hybridized carbons (Fsp3) is 0.538. The number of nitrogens with one attached hydrogen (secondary N) is 3. The number of rotatable bonds is 7. The summed E-state index contributed by atoms with van der Waals surface area (Å²) in [5, 5.41) is 29.9. The highest BCUT2D eigenvalue weighted by molar-refractivity contribution is 5.93. The largest absolute Gasteiger partial charge is 0.508 e. The van der Waals surface area contributed by atoms with Crippen molar-refractivity contribution in [1.29, 1.82) is 0 Å². The minimum absolute atomic E-state index is 0.0439. The van der Waals surface area contributed by atoms with Crippen LogP contribution in [0.4, 0.5) is 11.8 Å². The number of aliphatic hydroxyl groups is 1. The van der Waals surface area contributed by atoms with Gasteiger partial charge in [0.2, 0.25) is 11.9 Å². The SMILES string of the molecule is CC(=O)N1CC(Nc2cc(C(=O)NCC(O)[C@@H]3Cc4ccc(O)cc4CN3)nc(N3CCCCC3)n2)C1. The molecule has 11 nitrogen and oxygen atoms in total. The number of piperidine rings is 1. The fourth-order valence-electron chi connectivity index (χ4n) is 5.12. The van der Waals surface area contributed by atoms with Gasteiger partial charge >= 0.3 is 0 Å². The maximum absolute atomic E-state index is 13.1. The van der Waals surface area contributed by atoms with Crippen molar-refractivity contribution in [3.63, 3.8) is 0 Å². The Labute approximate surface area is 216 Å². The summed E-state index contributed by atoms with van der Waals surface area (Å²) in [7, 11) is 0. The summed E-state index contributed by atoms with van der Waals surface area (Å²) in [5.41, 5.74) is 2.33. The summed E-state index contributed by atoms with van der Waals surface area (Å²) in [6.07, 6.45) is 3.10. The second kappa shape index (κ2) is 10.9. The summed E-state index contributed by atoms with van der Waals surface area (Å²) in [6, 6.07) is 6.75. The Hall–Kier alpha value is -3.44. The second-order valence-corrected chi connectivity index (χ2v) is 10.2. The number of carbonyl (C=O) groups excluding carboxylic acids is 2. The molecule has 5 rings (SSSR count). The van der Waals surface area contributed by atoms with Crippen LogP contribution in [0.3, 0.4) is 0 Å². The van der Waals surface area contributed by atoms with Crippen LogP contribution in [0.5, 0.6) is 5.75 Å². The Morgan fingerprint density at radius 1 is 1.14 bits per heavy atom. The molecule has 2 amide bonds. The third kappa shape index (κ3) is 5.94. The van der Waals surface area contributed by atoms with Crippen molar-refractivity contribution < 1.29 is 19.8 Å². The molecule has 0 saturated carbocycles. The molecule has 2 saturated heterocycles. The van der Waals surface area contributed by atoms with Crippen molar-refractivity contribution >= 4 is 23.6 Å². The monoisotopic (exact) mass is 509 g/mol. The molecule has 3 aliphatic heterocycles. The van der Waals surface area contributed by atoms with Gasteiger partial charge in [-0.25, -0.2) is 4.98 Å². The molecular weight excluding hydrogens is 474 g/mol. The molecule has 5 N–H and O–H groups in total. The van der Waals surface area contributed by atoms with Gasteiger partial charge in [0.05, 0.1) is 12.1 Å². The highest BCUT2D eigenvalue weighted by atomic mass is 16.3. The number of aliphatic hydroxyl groups excluding tert-OH is 1. The Morgan fingerprint density at radius 3 is 2.68 bits per heavy atom. The van der Waals surface area contributed by atoms with Crippen molar-refractivity contribution in [3.8, 4) is 5.75 Å². The predicted molar refractivity (Wildman–Crippen MR) is 139 cm³/mol. The summed E-state index contributed by atoms with van der Waals surface area (Å²) >= 11 is 0. The molecule has 2 fully saturated rings. The lowest BCUT2D eigenvalue weighted by molar-refractivity contribution is -0.132. The fourth-order valence-corrected chi connectivity index (χ4v) is 5.12. The number of fused-ring (bicyclic) bond motifs is 1. The number of phenols is 1. The number of amides is 2. The third-order valence-corrected chi connectivity index (χ3v) is 7.39. The zero-order valence-electron chi connectivity index (χ0n) is 21.1. The number of aromatic nitrogens is 2. The summed E-state index contributed by atoms with van der Waals surface area (Å²) in [5.74, 6) is 0.975. The zero-order valence-corrected chi connectivity index (χ0v) is 21.1. The van der Waals surface area contributed by atoms with Gasteiger partial charge in [0.15, 0.2) is 0 Å². The number of phenolic OH excluding ortho intramolecular Hbond substituents is 1. The Balaban J connectivity index is 1.24. The van der Waals surface area contributed by atoms with E-state index in [9.17, 15) is 19.8 Å². The molecular formula is C26H35N7O4. The number of likely N-dealkylation sites (tertiary alicyclic amines) is 1. The van der Waals surface area contributed by atoms with E-state index < -0.39 is 6.10 Å². The van der Waals surface area contributed by atoms with Crippen LogP contribution in [0.2, 0.25) is 0 Å². The van der Waals surface area contributed by atoms with Crippen molar-refractivity contribution in [2.75, 3.05) is 42.9 Å². The third-order valence-electron chi connectivity index (χ3n) is 7.39. The van der Waals surface area contributed by atoms with E-state index in [2.05, 4.69) is 30.8 Å². The first-order valence-corrected chi connectivity index (χ1v) is 13.0. The number of benzene rings is 1. The van der Waals surface area contributed by atoms with Gasteiger partial charge in [-0.15, -0.1) is 0 Å². The maximum atomic E-state index is 13.1. The van der Waals surface area contributed by atoms with Gasteiger partial charge in [0, 0.05) is 58.3 Å². The molecule has 0 spiro atoms. The van der Waals surface area contributed by atoms with Crippen LogP contribution in [0.15, 0.2) is 24.3 Å². The Bertz CT molecular complexity index is 1150. The molecule has 1 aromatic heterocycles. The van der Waals surface area contributed by atoms with Crippen molar-refractivity contribution in [1.82, 2.24) is 25.5 Å².